The quantitative estimate of drug-likeness (QED) is 0.267. The second-order valence-electron chi connectivity index (χ2n) is 10.9. The summed E-state index contributed by atoms with van der Waals surface area (Å²) in [6, 6.07) is 0. The SMILES string of the molecule is CCCCCCCO[C@H]1CC[C@H](C2CCC([C@H]3OC[C@H](CCCC(F)(F)F)CO3)CC2)CC1. The molecule has 2 aliphatic carbocycles. The summed E-state index contributed by atoms with van der Waals surface area (Å²) in [6.45, 7) is 4.29. The lowest BCUT2D eigenvalue weighted by Crippen LogP contribution is -2.39. The van der Waals surface area contributed by atoms with Gasteiger partial charge in [-0.2, -0.15) is 13.2 Å². The molecule has 0 spiro atoms. The van der Waals surface area contributed by atoms with Gasteiger partial charge in [-0.3, -0.25) is 0 Å². The van der Waals surface area contributed by atoms with E-state index in [4.69, 9.17) is 14.2 Å². The Hall–Kier alpha value is -0.330. The fourth-order valence-corrected chi connectivity index (χ4v) is 6.16. The van der Waals surface area contributed by atoms with Crippen molar-refractivity contribution >= 4 is 0 Å². The molecule has 194 valence electrons. The summed E-state index contributed by atoms with van der Waals surface area (Å²) < 4.78 is 55.1. The summed E-state index contributed by atoms with van der Waals surface area (Å²) in [5.74, 6) is 2.23. The van der Waals surface area contributed by atoms with E-state index in [-0.39, 0.29) is 18.6 Å². The molecule has 3 rings (SSSR count). The molecule has 0 N–H and O–H groups in total. The van der Waals surface area contributed by atoms with Gasteiger partial charge >= 0.3 is 6.18 Å². The minimum absolute atomic E-state index is 0.105. The smallest absolute Gasteiger partial charge is 0.378 e. The molecule has 0 aromatic rings. The van der Waals surface area contributed by atoms with Gasteiger partial charge in [-0.1, -0.05) is 32.6 Å². The van der Waals surface area contributed by atoms with E-state index in [1.165, 1.54) is 70.6 Å². The average Bonchev–Trinajstić information content (AvgIpc) is 2.82. The first-order chi connectivity index (χ1) is 15.9. The van der Waals surface area contributed by atoms with E-state index in [0.29, 0.717) is 31.7 Å². The zero-order valence-corrected chi connectivity index (χ0v) is 20.8. The molecule has 33 heavy (non-hydrogen) atoms. The summed E-state index contributed by atoms with van der Waals surface area (Å²) >= 11 is 0. The molecule has 0 amide bonds. The Bertz CT molecular complexity index is 503. The van der Waals surface area contributed by atoms with Gasteiger partial charge in [0, 0.05) is 24.9 Å². The molecule has 2 saturated carbocycles. The zero-order valence-electron chi connectivity index (χ0n) is 20.8. The maximum atomic E-state index is 12.3. The lowest BCUT2D eigenvalue weighted by Gasteiger charge is -2.41. The lowest BCUT2D eigenvalue weighted by molar-refractivity contribution is -0.231. The number of alkyl halides is 3. The highest BCUT2D eigenvalue weighted by atomic mass is 19.4. The molecule has 0 bridgehead atoms. The Balaban J connectivity index is 1.24. The molecule has 1 aliphatic heterocycles. The Kier molecular flexibility index (Phi) is 11.8. The predicted molar refractivity (Wildman–Crippen MR) is 125 cm³/mol. The van der Waals surface area contributed by atoms with Crippen LogP contribution in [0.2, 0.25) is 0 Å². The van der Waals surface area contributed by atoms with E-state index >= 15 is 0 Å². The molecule has 0 radical (unpaired) electrons. The van der Waals surface area contributed by atoms with Crippen molar-refractivity contribution in [2.75, 3.05) is 19.8 Å². The number of hydrogen-bond acceptors (Lipinski definition) is 3. The summed E-state index contributed by atoms with van der Waals surface area (Å²) in [7, 11) is 0. The average molecular weight is 477 g/mol. The van der Waals surface area contributed by atoms with Gasteiger partial charge in [0.15, 0.2) is 6.29 Å². The normalized spacial score (nSPS) is 33.8. The minimum atomic E-state index is -4.06. The van der Waals surface area contributed by atoms with Crippen LogP contribution in [0.5, 0.6) is 0 Å². The molecule has 1 heterocycles. The van der Waals surface area contributed by atoms with Crippen LogP contribution in [-0.4, -0.2) is 38.4 Å². The Morgan fingerprint density at radius 3 is 1.91 bits per heavy atom. The molecule has 1 saturated heterocycles. The molecule has 0 atom stereocenters. The first-order valence-electron chi connectivity index (χ1n) is 13.9. The van der Waals surface area contributed by atoms with E-state index in [2.05, 4.69) is 6.92 Å². The van der Waals surface area contributed by atoms with Gasteiger partial charge in [0.1, 0.15) is 0 Å². The van der Waals surface area contributed by atoms with E-state index in [9.17, 15) is 13.2 Å². The highest BCUT2D eigenvalue weighted by molar-refractivity contribution is 4.84. The van der Waals surface area contributed by atoms with Crippen molar-refractivity contribution in [3.63, 3.8) is 0 Å². The summed E-state index contributed by atoms with van der Waals surface area (Å²) in [6.07, 6.45) is 12.7. The number of ether oxygens (including phenoxy) is 3. The van der Waals surface area contributed by atoms with E-state index in [1.54, 1.807) is 0 Å². The third kappa shape index (κ3) is 10.0. The first kappa shape index (κ1) is 27.3. The van der Waals surface area contributed by atoms with Crippen LogP contribution in [0.25, 0.3) is 0 Å². The van der Waals surface area contributed by atoms with Crippen molar-refractivity contribution in [2.45, 2.75) is 128 Å². The van der Waals surface area contributed by atoms with Crippen molar-refractivity contribution in [3.05, 3.63) is 0 Å². The van der Waals surface area contributed by atoms with Gasteiger partial charge in [0.25, 0.3) is 0 Å². The van der Waals surface area contributed by atoms with Crippen LogP contribution in [-0.2, 0) is 14.2 Å². The topological polar surface area (TPSA) is 27.7 Å². The van der Waals surface area contributed by atoms with Gasteiger partial charge in [0.05, 0.1) is 19.3 Å². The second kappa shape index (κ2) is 14.3. The van der Waals surface area contributed by atoms with Gasteiger partial charge in [-0.05, 0) is 82.5 Å². The van der Waals surface area contributed by atoms with Gasteiger partial charge in [-0.25, -0.2) is 0 Å². The van der Waals surface area contributed by atoms with Crippen LogP contribution in [0.15, 0.2) is 0 Å². The number of halogens is 3. The van der Waals surface area contributed by atoms with Crippen molar-refractivity contribution in [1.29, 1.82) is 0 Å². The Morgan fingerprint density at radius 2 is 1.30 bits per heavy atom. The number of hydrogen-bond donors (Lipinski definition) is 0. The summed E-state index contributed by atoms with van der Waals surface area (Å²) in [4.78, 5) is 0. The molecule has 0 aromatic carbocycles. The van der Waals surface area contributed by atoms with Crippen molar-refractivity contribution in [1.82, 2.24) is 0 Å². The lowest BCUT2D eigenvalue weighted by atomic mass is 9.70. The fourth-order valence-electron chi connectivity index (χ4n) is 6.16. The van der Waals surface area contributed by atoms with Crippen LogP contribution in [0.3, 0.4) is 0 Å². The van der Waals surface area contributed by atoms with E-state index in [1.807, 2.05) is 0 Å². The zero-order chi connectivity index (χ0) is 23.5. The standard InChI is InChI=1S/C27H47F3O3/c1-2-3-4-5-6-18-31-25-15-13-23(14-16-25)22-9-11-24(12-10-22)26-32-19-21(20-33-26)8-7-17-27(28,29)30/h21-26H,2-20H2,1H3/t21-,22?,23-,24?,25-,26-. The third-order valence-corrected chi connectivity index (χ3v) is 8.25. The van der Waals surface area contributed by atoms with Gasteiger partial charge in [-0.15, -0.1) is 0 Å². The van der Waals surface area contributed by atoms with Crippen LogP contribution >= 0.6 is 0 Å². The summed E-state index contributed by atoms with van der Waals surface area (Å²) in [5, 5.41) is 0. The van der Waals surface area contributed by atoms with Crippen LogP contribution in [0.4, 0.5) is 13.2 Å². The molecule has 3 aliphatic rings. The van der Waals surface area contributed by atoms with Crippen LogP contribution in [0.1, 0.15) is 110 Å². The van der Waals surface area contributed by atoms with E-state index < -0.39 is 12.6 Å². The molecule has 6 heteroatoms. The highest BCUT2D eigenvalue weighted by Crippen LogP contribution is 2.42. The van der Waals surface area contributed by atoms with E-state index in [0.717, 1.165) is 31.3 Å². The second-order valence-corrected chi connectivity index (χ2v) is 10.9. The van der Waals surface area contributed by atoms with Gasteiger partial charge in [0.2, 0.25) is 0 Å². The molecule has 0 aromatic heterocycles. The molecule has 3 fully saturated rings. The monoisotopic (exact) mass is 476 g/mol. The van der Waals surface area contributed by atoms with Gasteiger partial charge < -0.3 is 14.2 Å². The number of rotatable bonds is 12. The van der Waals surface area contributed by atoms with Crippen molar-refractivity contribution < 1.29 is 27.4 Å². The maximum absolute atomic E-state index is 12.3. The Labute approximate surface area is 199 Å². The molecule has 3 nitrogen and oxygen atoms in total. The van der Waals surface area contributed by atoms with Crippen molar-refractivity contribution in [2.24, 2.45) is 23.7 Å². The predicted octanol–water partition coefficient (Wildman–Crippen LogP) is 8.06. The van der Waals surface area contributed by atoms with Crippen molar-refractivity contribution in [3.8, 4) is 0 Å². The largest absolute Gasteiger partial charge is 0.389 e. The highest BCUT2D eigenvalue weighted by Gasteiger charge is 2.36. The maximum Gasteiger partial charge on any atom is 0.389 e. The minimum Gasteiger partial charge on any atom is -0.378 e. The first-order valence-corrected chi connectivity index (χ1v) is 13.9. The molecule has 0 unspecified atom stereocenters. The fraction of sp³-hybridized carbons (Fsp3) is 1.00. The molecular formula is C27H47F3O3. The Morgan fingerprint density at radius 1 is 0.727 bits per heavy atom. The van der Waals surface area contributed by atoms with Crippen LogP contribution in [0, 0.1) is 23.7 Å². The van der Waals surface area contributed by atoms with Crippen LogP contribution < -0.4 is 0 Å². The third-order valence-electron chi connectivity index (χ3n) is 8.25. The summed E-state index contributed by atoms with van der Waals surface area (Å²) in [5.41, 5.74) is 0. The molecular weight excluding hydrogens is 429 g/mol. The number of unbranched alkanes of at least 4 members (excludes halogenated alkanes) is 4.